The van der Waals surface area contributed by atoms with E-state index in [1.165, 1.54) is 12.1 Å². The lowest BCUT2D eigenvalue weighted by atomic mass is 10.2. The molecule has 0 atom stereocenters. The molecule has 26 heavy (non-hydrogen) atoms. The Bertz CT molecular complexity index is 803. The molecule has 7 heteroatoms. The van der Waals surface area contributed by atoms with Crippen molar-refractivity contribution in [1.29, 1.82) is 0 Å². The predicted octanol–water partition coefficient (Wildman–Crippen LogP) is 6.12. The molecule has 1 aliphatic rings. The minimum Gasteiger partial charge on any atom is -0.330 e. The number of nitrogens with zero attached hydrogens (tertiary/aromatic N) is 2. The van der Waals surface area contributed by atoms with Gasteiger partial charge in [-0.1, -0.05) is 18.2 Å². The molecule has 0 aliphatic carbocycles. The Labute approximate surface area is 153 Å². The molecule has 2 aromatic rings. The van der Waals surface area contributed by atoms with Gasteiger partial charge in [0.1, 0.15) is 17.3 Å². The summed E-state index contributed by atoms with van der Waals surface area (Å²) in [5, 5.41) is 0. The normalized spacial score (nSPS) is 16.5. The Morgan fingerprint density at radius 2 is 1.88 bits per heavy atom. The summed E-state index contributed by atoms with van der Waals surface area (Å²) in [5.74, 6) is -0.803. The summed E-state index contributed by atoms with van der Waals surface area (Å²) in [6, 6.07) is 12.3. The second-order valence-electron chi connectivity index (χ2n) is 6.09. The fraction of sp³-hybridized carbons (Fsp3) is 0.316. The molecule has 0 radical (unpaired) electrons. The monoisotopic (exact) mass is 382 g/mol. The molecule has 0 aromatic heterocycles. The smallest absolute Gasteiger partial charge is 0.330 e. The molecule has 0 bridgehead atoms. The minimum atomic E-state index is -4.27. The van der Waals surface area contributed by atoms with Gasteiger partial charge in [0, 0.05) is 23.5 Å². The van der Waals surface area contributed by atoms with Gasteiger partial charge < -0.3 is 4.90 Å². The summed E-state index contributed by atoms with van der Waals surface area (Å²) in [5.41, 5.74) is 1.54. The van der Waals surface area contributed by atoms with E-state index in [9.17, 15) is 17.6 Å². The van der Waals surface area contributed by atoms with Crippen LogP contribution in [0.3, 0.4) is 0 Å². The lowest BCUT2D eigenvalue weighted by Crippen LogP contribution is -2.23. The second-order valence-corrected chi connectivity index (χ2v) is 7.11. The number of hydrogen-bond acceptors (Lipinski definition) is 2. The van der Waals surface area contributed by atoms with Gasteiger partial charge in [-0.05, 0) is 43.2 Å². The van der Waals surface area contributed by atoms with Crippen molar-refractivity contribution in [2.45, 2.75) is 30.8 Å². The van der Waals surface area contributed by atoms with Gasteiger partial charge in [0.2, 0.25) is 0 Å². The highest BCUT2D eigenvalue weighted by molar-refractivity contribution is 7.99. The number of aryl methyl sites for hydroxylation is 1. The third kappa shape index (κ3) is 4.58. The fourth-order valence-electron chi connectivity index (χ4n) is 2.84. The first-order valence-electron chi connectivity index (χ1n) is 8.23. The molecule has 1 saturated heterocycles. The molecule has 3 rings (SSSR count). The van der Waals surface area contributed by atoms with Crippen molar-refractivity contribution < 1.29 is 17.6 Å². The van der Waals surface area contributed by atoms with Gasteiger partial charge in [-0.15, -0.1) is 11.8 Å². The molecule has 0 spiro atoms. The molecule has 0 amide bonds. The number of alkyl halides is 3. The van der Waals surface area contributed by atoms with Crippen molar-refractivity contribution in [1.82, 2.24) is 0 Å². The Morgan fingerprint density at radius 1 is 1.15 bits per heavy atom. The molecule has 0 N–H and O–H groups in total. The number of thioether (sulfide) groups is 1. The molecule has 0 saturated carbocycles. The van der Waals surface area contributed by atoms with Crippen LogP contribution in [0.4, 0.5) is 28.9 Å². The highest BCUT2D eigenvalue weighted by atomic mass is 32.2. The number of amidine groups is 1. The van der Waals surface area contributed by atoms with Crippen molar-refractivity contribution in [3.05, 3.63) is 53.8 Å². The van der Waals surface area contributed by atoms with Crippen molar-refractivity contribution >= 4 is 29.0 Å². The third-order valence-corrected chi connectivity index (χ3v) is 5.27. The van der Waals surface area contributed by atoms with E-state index in [0.29, 0.717) is 28.6 Å². The van der Waals surface area contributed by atoms with Gasteiger partial charge in [0.25, 0.3) is 0 Å². The van der Waals surface area contributed by atoms with Gasteiger partial charge in [-0.25, -0.2) is 9.38 Å². The van der Waals surface area contributed by atoms with Gasteiger partial charge in [0.15, 0.2) is 0 Å². The molecule has 1 fully saturated rings. The van der Waals surface area contributed by atoms with Gasteiger partial charge in [0.05, 0.1) is 5.75 Å². The van der Waals surface area contributed by atoms with Crippen molar-refractivity contribution in [3.8, 4) is 0 Å². The van der Waals surface area contributed by atoms with Crippen LogP contribution >= 0.6 is 11.8 Å². The van der Waals surface area contributed by atoms with E-state index in [2.05, 4.69) is 4.99 Å². The average Bonchev–Trinajstić information content (AvgIpc) is 3.04. The first-order valence-corrected chi connectivity index (χ1v) is 9.22. The van der Waals surface area contributed by atoms with Crippen LogP contribution < -0.4 is 4.90 Å². The Hall–Kier alpha value is -2.02. The molecule has 138 valence electrons. The predicted molar refractivity (Wildman–Crippen MR) is 98.0 cm³/mol. The SMILES string of the molecule is Cc1cc(F)c(/N=C2\CCCN2c2ccccc2)cc1SCC(F)(F)F. The standard InChI is InChI=1S/C19H18F4N2S/c1-13-10-15(20)16(11-17(13)26-12-19(21,22)23)24-18-8-5-9-25(18)14-6-3-2-4-7-14/h2-4,6-7,10-11H,5,8-9,12H2,1H3/b24-18+. The van der Waals surface area contributed by atoms with Crippen LogP contribution in [0.15, 0.2) is 52.4 Å². The third-order valence-electron chi connectivity index (χ3n) is 4.05. The molecule has 1 aliphatic heterocycles. The quantitative estimate of drug-likeness (QED) is 0.468. The van der Waals surface area contributed by atoms with E-state index in [1.807, 2.05) is 35.2 Å². The van der Waals surface area contributed by atoms with Crippen molar-refractivity contribution in [2.75, 3.05) is 17.2 Å². The summed E-state index contributed by atoms with van der Waals surface area (Å²) in [4.78, 5) is 6.85. The van der Waals surface area contributed by atoms with Gasteiger partial charge in [-0.3, -0.25) is 0 Å². The molecule has 2 aromatic carbocycles. The second kappa shape index (κ2) is 7.70. The minimum absolute atomic E-state index is 0.0816. The van der Waals surface area contributed by atoms with Crippen LogP contribution in [0.25, 0.3) is 0 Å². The van der Waals surface area contributed by atoms with Crippen LogP contribution in [0.2, 0.25) is 0 Å². The number of halogens is 4. The van der Waals surface area contributed by atoms with Gasteiger partial charge >= 0.3 is 6.18 Å². The highest BCUT2D eigenvalue weighted by Gasteiger charge is 2.28. The fourth-order valence-corrected chi connectivity index (χ4v) is 3.64. The summed E-state index contributed by atoms with van der Waals surface area (Å²) in [6.45, 7) is 2.39. The maximum atomic E-state index is 14.3. The summed E-state index contributed by atoms with van der Waals surface area (Å²) in [6.07, 6.45) is -2.67. The van der Waals surface area contributed by atoms with E-state index in [-0.39, 0.29) is 5.69 Å². The number of hydrogen-bond donors (Lipinski definition) is 0. The first kappa shape index (κ1) is 18.8. The zero-order chi connectivity index (χ0) is 18.7. The van der Waals surface area contributed by atoms with Crippen LogP contribution in [-0.2, 0) is 0 Å². The molecule has 1 heterocycles. The van der Waals surface area contributed by atoms with Crippen molar-refractivity contribution in [3.63, 3.8) is 0 Å². The number of aliphatic imine (C=N–C) groups is 1. The van der Waals surface area contributed by atoms with E-state index in [4.69, 9.17) is 0 Å². The number of rotatable bonds is 4. The first-order chi connectivity index (χ1) is 12.3. The van der Waals surface area contributed by atoms with E-state index in [1.54, 1.807) is 6.92 Å². The molecular formula is C19H18F4N2S. The zero-order valence-corrected chi connectivity index (χ0v) is 15.0. The zero-order valence-electron chi connectivity index (χ0n) is 14.2. The summed E-state index contributed by atoms with van der Waals surface area (Å²) in [7, 11) is 0. The lowest BCUT2D eigenvalue weighted by molar-refractivity contribution is -0.105. The van der Waals surface area contributed by atoms with Crippen LogP contribution in [0.1, 0.15) is 18.4 Å². The van der Waals surface area contributed by atoms with Gasteiger partial charge in [-0.2, -0.15) is 13.2 Å². The largest absolute Gasteiger partial charge is 0.398 e. The maximum absolute atomic E-state index is 14.3. The number of benzene rings is 2. The topological polar surface area (TPSA) is 15.6 Å². The lowest BCUT2D eigenvalue weighted by Gasteiger charge is -2.19. The number of anilines is 1. The number of para-hydroxylation sites is 1. The average molecular weight is 382 g/mol. The summed E-state index contributed by atoms with van der Waals surface area (Å²) >= 11 is 0.657. The Balaban J connectivity index is 1.89. The molecule has 0 unspecified atom stereocenters. The van der Waals surface area contributed by atoms with E-state index in [0.717, 1.165) is 24.5 Å². The Morgan fingerprint density at radius 3 is 2.58 bits per heavy atom. The van der Waals surface area contributed by atoms with Crippen molar-refractivity contribution in [2.24, 2.45) is 4.99 Å². The van der Waals surface area contributed by atoms with E-state index >= 15 is 0 Å². The van der Waals surface area contributed by atoms with E-state index < -0.39 is 17.7 Å². The highest BCUT2D eigenvalue weighted by Crippen LogP contribution is 2.34. The Kier molecular flexibility index (Phi) is 5.55. The molecular weight excluding hydrogens is 364 g/mol. The molecule has 2 nitrogen and oxygen atoms in total. The van der Waals surface area contributed by atoms with Crippen LogP contribution in [0.5, 0.6) is 0 Å². The van der Waals surface area contributed by atoms with Crippen LogP contribution in [-0.4, -0.2) is 24.3 Å². The van der Waals surface area contributed by atoms with Crippen LogP contribution in [0, 0.1) is 12.7 Å². The summed E-state index contributed by atoms with van der Waals surface area (Å²) < 4.78 is 51.8. The maximum Gasteiger partial charge on any atom is 0.398 e.